The molecule has 0 aliphatic heterocycles. The van der Waals surface area contributed by atoms with E-state index >= 15 is 0 Å². The highest BCUT2D eigenvalue weighted by atomic mass is 79.9. The Morgan fingerprint density at radius 3 is 2.43 bits per heavy atom. The Morgan fingerprint density at radius 2 is 1.71 bits per heavy atom. The van der Waals surface area contributed by atoms with Crippen LogP contribution in [-0.4, -0.2) is 12.1 Å². The van der Waals surface area contributed by atoms with Gasteiger partial charge >= 0.3 is 0 Å². The van der Waals surface area contributed by atoms with E-state index in [1.54, 1.807) is 31.6 Å². The Balaban J connectivity index is 1.65. The van der Waals surface area contributed by atoms with Crippen LogP contribution in [0.15, 0.2) is 59.3 Å². The molecular formula is C21H19BrCl2N2O2. The van der Waals surface area contributed by atoms with E-state index in [2.05, 4.69) is 26.2 Å². The van der Waals surface area contributed by atoms with E-state index in [-0.39, 0.29) is 0 Å². The molecule has 28 heavy (non-hydrogen) atoms. The lowest BCUT2D eigenvalue weighted by molar-refractivity contribution is 0.284. The first kappa shape index (κ1) is 20.9. The Bertz CT molecular complexity index is 939. The molecule has 1 N–H and O–H groups in total. The molecule has 1 aromatic heterocycles. The highest BCUT2D eigenvalue weighted by Crippen LogP contribution is 2.34. The summed E-state index contributed by atoms with van der Waals surface area (Å²) in [7, 11) is 1.63. The third-order valence-electron chi connectivity index (χ3n) is 4.10. The highest BCUT2D eigenvalue weighted by Gasteiger charge is 2.11. The summed E-state index contributed by atoms with van der Waals surface area (Å²) in [6, 6.07) is 13.3. The smallest absolute Gasteiger partial charge is 0.162 e. The van der Waals surface area contributed by atoms with Crippen molar-refractivity contribution in [2.24, 2.45) is 0 Å². The number of rotatable bonds is 8. The molecule has 3 rings (SSSR count). The molecule has 0 radical (unpaired) electrons. The molecule has 7 heteroatoms. The van der Waals surface area contributed by atoms with Crippen LogP contribution >= 0.6 is 39.1 Å². The summed E-state index contributed by atoms with van der Waals surface area (Å²) < 4.78 is 12.4. The number of methoxy groups -OCH3 is 1. The summed E-state index contributed by atoms with van der Waals surface area (Å²) in [4.78, 5) is 4.03. The number of hydrogen-bond donors (Lipinski definition) is 1. The van der Waals surface area contributed by atoms with Gasteiger partial charge in [-0.25, -0.2) is 0 Å². The molecule has 0 fully saturated rings. The monoisotopic (exact) mass is 480 g/mol. The van der Waals surface area contributed by atoms with Gasteiger partial charge in [0.25, 0.3) is 0 Å². The Morgan fingerprint density at radius 1 is 0.929 bits per heavy atom. The van der Waals surface area contributed by atoms with Crippen LogP contribution in [0.4, 0.5) is 0 Å². The molecule has 0 bridgehead atoms. The van der Waals surface area contributed by atoms with Crippen LogP contribution in [0, 0.1) is 0 Å². The minimum atomic E-state index is 0.360. The first-order valence-electron chi connectivity index (χ1n) is 8.59. The topological polar surface area (TPSA) is 43.4 Å². The quantitative estimate of drug-likeness (QED) is 0.426. The number of ether oxygens (including phenoxy) is 2. The van der Waals surface area contributed by atoms with Gasteiger partial charge in [-0.1, -0.05) is 45.2 Å². The van der Waals surface area contributed by atoms with Crippen LogP contribution in [0.2, 0.25) is 10.0 Å². The summed E-state index contributed by atoms with van der Waals surface area (Å²) >= 11 is 15.6. The third kappa shape index (κ3) is 5.61. The van der Waals surface area contributed by atoms with Crippen molar-refractivity contribution in [3.8, 4) is 11.5 Å². The number of hydrogen-bond acceptors (Lipinski definition) is 4. The van der Waals surface area contributed by atoms with Crippen molar-refractivity contribution >= 4 is 39.1 Å². The van der Waals surface area contributed by atoms with E-state index in [0.717, 1.165) is 22.1 Å². The second kappa shape index (κ2) is 10.1. The van der Waals surface area contributed by atoms with Crippen LogP contribution in [0.3, 0.4) is 0 Å². The largest absolute Gasteiger partial charge is 0.493 e. The van der Waals surface area contributed by atoms with E-state index < -0.39 is 0 Å². The molecule has 0 aliphatic carbocycles. The molecule has 3 aromatic rings. The number of nitrogens with zero attached hydrogens (tertiary/aromatic N) is 1. The summed E-state index contributed by atoms with van der Waals surface area (Å²) in [6.45, 7) is 1.80. The lowest BCUT2D eigenvalue weighted by Crippen LogP contribution is -2.13. The van der Waals surface area contributed by atoms with Gasteiger partial charge < -0.3 is 14.8 Å². The lowest BCUT2D eigenvalue weighted by Gasteiger charge is -2.15. The molecule has 0 saturated carbocycles. The molecular weight excluding hydrogens is 463 g/mol. The number of aromatic nitrogens is 1. The van der Waals surface area contributed by atoms with Crippen molar-refractivity contribution in [3.63, 3.8) is 0 Å². The fourth-order valence-electron chi connectivity index (χ4n) is 2.62. The number of pyridine rings is 1. The van der Waals surface area contributed by atoms with E-state index in [9.17, 15) is 0 Å². The van der Waals surface area contributed by atoms with Gasteiger partial charge in [-0.2, -0.15) is 0 Å². The summed E-state index contributed by atoms with van der Waals surface area (Å²) in [5.74, 6) is 1.32. The van der Waals surface area contributed by atoms with Crippen molar-refractivity contribution in [1.82, 2.24) is 10.3 Å². The summed E-state index contributed by atoms with van der Waals surface area (Å²) in [5, 5.41) is 4.45. The highest BCUT2D eigenvalue weighted by molar-refractivity contribution is 9.10. The molecule has 4 nitrogen and oxygen atoms in total. The molecule has 0 aliphatic rings. The Kier molecular flexibility index (Phi) is 7.57. The zero-order valence-electron chi connectivity index (χ0n) is 15.2. The molecule has 1 heterocycles. The first-order valence-corrected chi connectivity index (χ1v) is 10.1. The Hall–Kier alpha value is -1.79. The molecule has 0 amide bonds. The maximum atomic E-state index is 6.06. The van der Waals surface area contributed by atoms with Crippen molar-refractivity contribution in [1.29, 1.82) is 0 Å². The second-order valence-corrected chi connectivity index (χ2v) is 7.76. The minimum absolute atomic E-state index is 0.360. The van der Waals surface area contributed by atoms with Crippen molar-refractivity contribution in [2.75, 3.05) is 7.11 Å². The van der Waals surface area contributed by atoms with Gasteiger partial charge in [-0.3, -0.25) is 4.98 Å². The minimum Gasteiger partial charge on any atom is -0.493 e. The standard InChI is InChI=1S/C21H19BrCl2N2O2/c1-27-20-9-16(12-26-11-14-4-6-25-7-5-14)17(22)10-21(20)28-13-15-2-3-18(23)19(24)8-15/h2-10,26H,11-13H2,1H3. The fraction of sp³-hybridized carbons (Fsp3) is 0.190. The third-order valence-corrected chi connectivity index (χ3v) is 5.58. The number of halogens is 3. The van der Waals surface area contributed by atoms with Crippen LogP contribution < -0.4 is 14.8 Å². The van der Waals surface area contributed by atoms with Gasteiger partial charge in [-0.05, 0) is 53.1 Å². The summed E-state index contributed by atoms with van der Waals surface area (Å²) in [5.41, 5.74) is 3.18. The van der Waals surface area contributed by atoms with Crippen LogP contribution in [-0.2, 0) is 19.7 Å². The zero-order valence-corrected chi connectivity index (χ0v) is 18.3. The average Bonchev–Trinajstić information content (AvgIpc) is 2.71. The van der Waals surface area contributed by atoms with E-state index in [4.69, 9.17) is 32.7 Å². The molecule has 0 saturated heterocycles. The van der Waals surface area contributed by atoms with Crippen molar-refractivity contribution in [3.05, 3.63) is 86.1 Å². The number of benzene rings is 2. The molecule has 0 spiro atoms. The maximum Gasteiger partial charge on any atom is 0.162 e. The van der Waals surface area contributed by atoms with Crippen LogP contribution in [0.25, 0.3) is 0 Å². The SMILES string of the molecule is COc1cc(CNCc2ccncc2)c(Br)cc1OCc1ccc(Cl)c(Cl)c1. The van der Waals surface area contributed by atoms with Crippen LogP contribution in [0.5, 0.6) is 11.5 Å². The fourth-order valence-corrected chi connectivity index (χ4v) is 3.40. The van der Waals surface area contributed by atoms with Gasteiger partial charge in [-0.15, -0.1) is 0 Å². The van der Waals surface area contributed by atoms with Gasteiger partial charge in [0.15, 0.2) is 11.5 Å². The maximum absolute atomic E-state index is 6.06. The normalized spacial score (nSPS) is 10.7. The van der Waals surface area contributed by atoms with Crippen LogP contribution in [0.1, 0.15) is 16.7 Å². The number of nitrogens with one attached hydrogen (secondary N) is 1. The molecule has 146 valence electrons. The van der Waals surface area contributed by atoms with E-state index in [1.165, 1.54) is 5.56 Å². The predicted molar refractivity (Wildman–Crippen MR) is 116 cm³/mol. The molecule has 0 unspecified atom stereocenters. The van der Waals surface area contributed by atoms with Gasteiger partial charge in [0.1, 0.15) is 6.61 Å². The molecule has 0 atom stereocenters. The first-order chi connectivity index (χ1) is 13.6. The van der Waals surface area contributed by atoms with Gasteiger partial charge in [0.2, 0.25) is 0 Å². The predicted octanol–water partition coefficient (Wildman–Crippen LogP) is 6.03. The average molecular weight is 482 g/mol. The molecule has 2 aromatic carbocycles. The lowest BCUT2D eigenvalue weighted by atomic mass is 10.2. The second-order valence-electron chi connectivity index (χ2n) is 6.09. The van der Waals surface area contributed by atoms with E-state index in [0.29, 0.717) is 34.7 Å². The van der Waals surface area contributed by atoms with Crippen molar-refractivity contribution in [2.45, 2.75) is 19.7 Å². The zero-order chi connectivity index (χ0) is 19.9. The Labute approximate surface area is 182 Å². The summed E-state index contributed by atoms with van der Waals surface area (Å²) in [6.07, 6.45) is 3.58. The van der Waals surface area contributed by atoms with Gasteiger partial charge in [0, 0.05) is 30.0 Å². The van der Waals surface area contributed by atoms with Crippen molar-refractivity contribution < 1.29 is 9.47 Å². The van der Waals surface area contributed by atoms with E-state index in [1.807, 2.05) is 30.3 Å². The van der Waals surface area contributed by atoms with Gasteiger partial charge in [0.05, 0.1) is 17.2 Å².